The maximum atomic E-state index is 12.3. The van der Waals surface area contributed by atoms with Gasteiger partial charge in [-0.05, 0) is 54.0 Å². The van der Waals surface area contributed by atoms with Crippen LogP contribution in [0, 0.1) is 13.8 Å². The first kappa shape index (κ1) is 15.3. The fourth-order valence-electron chi connectivity index (χ4n) is 2.12. The molecule has 21 heavy (non-hydrogen) atoms. The molecule has 0 radical (unpaired) electrons. The van der Waals surface area contributed by atoms with E-state index in [4.69, 9.17) is 0 Å². The number of hydrogen-bond acceptors (Lipinski definition) is 2. The maximum absolute atomic E-state index is 12.3. The molecule has 1 amide bonds. The molecule has 0 atom stereocenters. The van der Waals surface area contributed by atoms with Crippen LogP contribution in [0.3, 0.4) is 0 Å². The van der Waals surface area contributed by atoms with Crippen molar-refractivity contribution >= 4 is 33.5 Å². The van der Waals surface area contributed by atoms with Gasteiger partial charge < -0.3 is 10.4 Å². The van der Waals surface area contributed by atoms with Gasteiger partial charge in [-0.1, -0.05) is 23.3 Å². The zero-order valence-corrected chi connectivity index (χ0v) is 13.2. The number of anilines is 1. The summed E-state index contributed by atoms with van der Waals surface area (Å²) in [6, 6.07) is 10.2. The van der Waals surface area contributed by atoms with Gasteiger partial charge in [0.05, 0.1) is 11.3 Å². The van der Waals surface area contributed by atoms with Gasteiger partial charge in [0.25, 0.3) is 5.91 Å². The summed E-state index contributed by atoms with van der Waals surface area (Å²) in [6.07, 6.45) is 0. The van der Waals surface area contributed by atoms with Crippen molar-refractivity contribution in [3.05, 3.63) is 63.1 Å². The fourth-order valence-corrected chi connectivity index (χ4v) is 2.59. The van der Waals surface area contributed by atoms with Crippen molar-refractivity contribution in [2.75, 3.05) is 5.32 Å². The molecule has 0 bridgehead atoms. The second-order valence-electron chi connectivity index (χ2n) is 4.80. The predicted molar refractivity (Wildman–Crippen MR) is 85.0 cm³/mol. The highest BCUT2D eigenvalue weighted by atomic mass is 79.9. The number of carbonyl (C=O) groups is 2. The minimum atomic E-state index is -1.09. The van der Waals surface area contributed by atoms with E-state index >= 15 is 0 Å². The molecule has 0 saturated heterocycles. The van der Waals surface area contributed by atoms with Crippen LogP contribution in [0.5, 0.6) is 0 Å². The van der Waals surface area contributed by atoms with E-state index in [9.17, 15) is 14.7 Å². The molecule has 2 rings (SSSR count). The number of nitrogens with one attached hydrogen (secondary N) is 1. The van der Waals surface area contributed by atoms with Crippen LogP contribution < -0.4 is 5.32 Å². The number of halogens is 1. The number of carboxylic acids is 1. The van der Waals surface area contributed by atoms with E-state index in [-0.39, 0.29) is 17.2 Å². The molecule has 108 valence electrons. The van der Waals surface area contributed by atoms with Crippen LogP contribution in [-0.4, -0.2) is 17.0 Å². The Hall–Kier alpha value is -2.14. The Morgan fingerprint density at radius 3 is 2.29 bits per heavy atom. The lowest BCUT2D eigenvalue weighted by Crippen LogP contribution is -2.15. The number of amides is 1. The Bertz CT molecular complexity index is 705. The molecule has 0 fully saturated rings. The number of hydrogen-bond donors (Lipinski definition) is 2. The number of benzene rings is 2. The van der Waals surface area contributed by atoms with Gasteiger partial charge in [0.2, 0.25) is 0 Å². The molecule has 5 heteroatoms. The van der Waals surface area contributed by atoms with Crippen molar-refractivity contribution in [3.8, 4) is 0 Å². The fraction of sp³-hybridized carbons (Fsp3) is 0.125. The smallest absolute Gasteiger partial charge is 0.337 e. The minimum Gasteiger partial charge on any atom is -0.478 e. The lowest BCUT2D eigenvalue weighted by Gasteiger charge is -2.11. The third-order valence-electron chi connectivity index (χ3n) is 2.97. The Morgan fingerprint density at radius 1 is 1.10 bits per heavy atom. The summed E-state index contributed by atoms with van der Waals surface area (Å²) in [6.45, 7) is 3.82. The predicted octanol–water partition coefficient (Wildman–Crippen LogP) is 4.02. The third-order valence-corrected chi connectivity index (χ3v) is 3.63. The van der Waals surface area contributed by atoms with Gasteiger partial charge in [-0.15, -0.1) is 0 Å². The van der Waals surface area contributed by atoms with E-state index in [2.05, 4.69) is 21.2 Å². The molecule has 0 aliphatic carbocycles. The van der Waals surface area contributed by atoms with Crippen LogP contribution in [0.15, 0.2) is 40.9 Å². The molecule has 0 heterocycles. The molecule has 2 aromatic carbocycles. The molecule has 2 aromatic rings. The first-order chi connectivity index (χ1) is 9.88. The SMILES string of the molecule is Cc1cc(C)cc(C(=O)Nc2c(Br)cccc2C(=O)O)c1. The molecular formula is C16H14BrNO3. The second-order valence-corrected chi connectivity index (χ2v) is 5.65. The zero-order chi connectivity index (χ0) is 15.6. The van der Waals surface area contributed by atoms with Crippen LogP contribution in [0.25, 0.3) is 0 Å². The maximum Gasteiger partial charge on any atom is 0.337 e. The second kappa shape index (κ2) is 6.10. The van der Waals surface area contributed by atoms with Crippen molar-refractivity contribution in [1.29, 1.82) is 0 Å². The Balaban J connectivity index is 2.38. The highest BCUT2D eigenvalue weighted by Crippen LogP contribution is 2.27. The van der Waals surface area contributed by atoms with Crippen molar-refractivity contribution < 1.29 is 14.7 Å². The highest BCUT2D eigenvalue weighted by molar-refractivity contribution is 9.10. The monoisotopic (exact) mass is 347 g/mol. The molecule has 0 aliphatic heterocycles. The van der Waals surface area contributed by atoms with Crippen LogP contribution in [-0.2, 0) is 0 Å². The largest absolute Gasteiger partial charge is 0.478 e. The van der Waals surface area contributed by atoms with Crippen molar-refractivity contribution in [2.45, 2.75) is 13.8 Å². The average Bonchev–Trinajstić information content (AvgIpc) is 2.39. The Kier molecular flexibility index (Phi) is 4.43. The summed E-state index contributed by atoms with van der Waals surface area (Å²) in [4.78, 5) is 23.5. The minimum absolute atomic E-state index is 0.0436. The molecule has 0 saturated carbocycles. The summed E-state index contributed by atoms with van der Waals surface area (Å²) in [7, 11) is 0. The first-order valence-corrected chi connectivity index (χ1v) is 7.09. The van der Waals surface area contributed by atoms with Gasteiger partial charge in [0, 0.05) is 10.0 Å². The normalized spacial score (nSPS) is 10.2. The summed E-state index contributed by atoms with van der Waals surface area (Å²) < 4.78 is 0.528. The van der Waals surface area contributed by atoms with Gasteiger partial charge in [-0.2, -0.15) is 0 Å². The van der Waals surface area contributed by atoms with Gasteiger partial charge in [-0.25, -0.2) is 4.79 Å². The van der Waals surface area contributed by atoms with E-state index in [1.807, 2.05) is 19.9 Å². The standard InChI is InChI=1S/C16H14BrNO3/c1-9-6-10(2)8-11(7-9)15(19)18-14-12(16(20)21)4-3-5-13(14)17/h3-8H,1-2H3,(H,18,19)(H,20,21). The topological polar surface area (TPSA) is 66.4 Å². The van der Waals surface area contributed by atoms with Crippen molar-refractivity contribution in [2.24, 2.45) is 0 Å². The number of carboxylic acid groups (broad SMARTS) is 1. The molecule has 2 N–H and O–H groups in total. The molecule has 0 aliphatic rings. The van der Waals surface area contributed by atoms with E-state index in [0.717, 1.165) is 11.1 Å². The molecule has 0 unspecified atom stereocenters. The number of aromatic carboxylic acids is 1. The Morgan fingerprint density at radius 2 is 1.71 bits per heavy atom. The van der Waals surface area contributed by atoms with Crippen LogP contribution in [0.1, 0.15) is 31.8 Å². The molecule has 4 nitrogen and oxygen atoms in total. The van der Waals surface area contributed by atoms with Gasteiger partial charge in [0.15, 0.2) is 0 Å². The van der Waals surface area contributed by atoms with Crippen molar-refractivity contribution in [3.63, 3.8) is 0 Å². The van der Waals surface area contributed by atoms with Crippen molar-refractivity contribution in [1.82, 2.24) is 0 Å². The van der Waals surface area contributed by atoms with E-state index in [0.29, 0.717) is 10.0 Å². The third kappa shape index (κ3) is 3.49. The summed E-state index contributed by atoms with van der Waals surface area (Å²) in [5.41, 5.74) is 2.76. The van der Waals surface area contributed by atoms with Crippen LogP contribution >= 0.6 is 15.9 Å². The molecular weight excluding hydrogens is 334 g/mol. The van der Waals surface area contributed by atoms with E-state index < -0.39 is 5.97 Å². The number of rotatable bonds is 3. The van der Waals surface area contributed by atoms with E-state index in [1.165, 1.54) is 6.07 Å². The first-order valence-electron chi connectivity index (χ1n) is 6.30. The average molecular weight is 348 g/mol. The lowest BCUT2D eigenvalue weighted by atomic mass is 10.1. The number of para-hydroxylation sites is 1. The summed E-state index contributed by atoms with van der Waals surface area (Å²) in [5, 5.41) is 11.9. The van der Waals surface area contributed by atoms with Crippen LogP contribution in [0.4, 0.5) is 5.69 Å². The van der Waals surface area contributed by atoms with Gasteiger partial charge in [-0.3, -0.25) is 4.79 Å². The van der Waals surface area contributed by atoms with Gasteiger partial charge >= 0.3 is 5.97 Å². The summed E-state index contributed by atoms with van der Waals surface area (Å²) in [5.74, 6) is -1.43. The van der Waals surface area contributed by atoms with E-state index in [1.54, 1.807) is 24.3 Å². The number of aryl methyl sites for hydroxylation is 2. The van der Waals surface area contributed by atoms with Crippen LogP contribution in [0.2, 0.25) is 0 Å². The number of carbonyl (C=O) groups excluding carboxylic acids is 1. The molecule has 0 aromatic heterocycles. The zero-order valence-electron chi connectivity index (χ0n) is 11.6. The molecule has 0 spiro atoms. The lowest BCUT2D eigenvalue weighted by molar-refractivity contribution is 0.0698. The Labute approximate surface area is 130 Å². The van der Waals surface area contributed by atoms with Gasteiger partial charge in [0.1, 0.15) is 0 Å². The highest BCUT2D eigenvalue weighted by Gasteiger charge is 2.16. The quantitative estimate of drug-likeness (QED) is 0.881. The summed E-state index contributed by atoms with van der Waals surface area (Å²) >= 11 is 3.27.